The highest BCUT2D eigenvalue weighted by Crippen LogP contribution is 2.31. The largest absolute Gasteiger partial charge is 0.481 e. The molecule has 2 aromatic heterocycles. The van der Waals surface area contributed by atoms with E-state index in [-0.39, 0.29) is 11.8 Å². The summed E-state index contributed by atoms with van der Waals surface area (Å²) in [5.41, 5.74) is 4.48. The molecule has 1 fully saturated rings. The molecule has 0 spiro atoms. The van der Waals surface area contributed by atoms with Gasteiger partial charge in [0.15, 0.2) is 0 Å². The Kier molecular flexibility index (Phi) is 4.83. The third-order valence-corrected chi connectivity index (χ3v) is 5.52. The molecule has 0 amide bonds. The SMILES string of the molecule is Cc1c(-c2ccccc2)noc1-c1nc(-c2ccc(CN3CC(C(=O)O)C3)cc2)no1. The highest BCUT2D eigenvalue weighted by Gasteiger charge is 2.32. The summed E-state index contributed by atoms with van der Waals surface area (Å²) < 4.78 is 10.9. The lowest BCUT2D eigenvalue weighted by Crippen LogP contribution is -2.49. The van der Waals surface area contributed by atoms with Crippen LogP contribution in [0.1, 0.15) is 11.1 Å². The van der Waals surface area contributed by atoms with Crippen LogP contribution in [0.15, 0.2) is 63.6 Å². The van der Waals surface area contributed by atoms with Crippen molar-refractivity contribution < 1.29 is 18.9 Å². The van der Waals surface area contributed by atoms with Gasteiger partial charge >= 0.3 is 5.97 Å². The molecular formula is C23H20N4O4. The highest BCUT2D eigenvalue weighted by molar-refractivity contribution is 5.71. The molecule has 2 aromatic carbocycles. The van der Waals surface area contributed by atoms with Crippen molar-refractivity contribution in [1.82, 2.24) is 20.2 Å². The number of hydrogen-bond donors (Lipinski definition) is 1. The van der Waals surface area contributed by atoms with Crippen LogP contribution in [0, 0.1) is 12.8 Å². The summed E-state index contributed by atoms with van der Waals surface area (Å²) in [6.45, 7) is 3.82. The number of benzene rings is 2. The first-order chi connectivity index (χ1) is 15.1. The van der Waals surface area contributed by atoms with Crippen LogP contribution in [-0.4, -0.2) is 44.4 Å². The minimum Gasteiger partial charge on any atom is -0.481 e. The summed E-state index contributed by atoms with van der Waals surface area (Å²) in [4.78, 5) is 17.5. The molecule has 1 aliphatic heterocycles. The van der Waals surface area contributed by atoms with Crippen molar-refractivity contribution in [2.24, 2.45) is 5.92 Å². The molecule has 0 atom stereocenters. The minimum absolute atomic E-state index is 0.251. The lowest BCUT2D eigenvalue weighted by molar-refractivity contribution is -0.147. The van der Waals surface area contributed by atoms with Crippen LogP contribution in [0.3, 0.4) is 0 Å². The molecule has 8 heteroatoms. The van der Waals surface area contributed by atoms with Gasteiger partial charge in [-0.25, -0.2) is 0 Å². The lowest BCUT2D eigenvalue weighted by atomic mass is 9.99. The van der Waals surface area contributed by atoms with Crippen molar-refractivity contribution in [2.75, 3.05) is 13.1 Å². The molecule has 156 valence electrons. The van der Waals surface area contributed by atoms with Gasteiger partial charge in [-0.05, 0) is 12.5 Å². The van der Waals surface area contributed by atoms with E-state index >= 15 is 0 Å². The Bertz CT molecular complexity index is 1210. The van der Waals surface area contributed by atoms with Crippen molar-refractivity contribution in [1.29, 1.82) is 0 Å². The Hall–Kier alpha value is -3.78. The van der Waals surface area contributed by atoms with E-state index in [2.05, 4.69) is 20.2 Å². The number of aromatic nitrogens is 3. The second-order valence-electron chi connectivity index (χ2n) is 7.70. The molecule has 0 radical (unpaired) electrons. The molecule has 3 heterocycles. The van der Waals surface area contributed by atoms with Crippen LogP contribution in [0.2, 0.25) is 0 Å². The summed E-state index contributed by atoms with van der Waals surface area (Å²) in [6, 6.07) is 17.6. The minimum atomic E-state index is -0.725. The van der Waals surface area contributed by atoms with E-state index in [9.17, 15) is 4.79 Å². The van der Waals surface area contributed by atoms with Gasteiger partial charge in [0.25, 0.3) is 5.89 Å². The van der Waals surface area contributed by atoms with Gasteiger partial charge in [-0.1, -0.05) is 64.9 Å². The van der Waals surface area contributed by atoms with Gasteiger partial charge in [-0.2, -0.15) is 4.98 Å². The number of aliphatic carboxylic acids is 1. The third kappa shape index (κ3) is 3.73. The van der Waals surface area contributed by atoms with Crippen molar-refractivity contribution in [2.45, 2.75) is 13.5 Å². The van der Waals surface area contributed by atoms with E-state index in [1.54, 1.807) is 0 Å². The molecule has 5 rings (SSSR count). The van der Waals surface area contributed by atoms with Crippen LogP contribution >= 0.6 is 0 Å². The zero-order chi connectivity index (χ0) is 21.4. The Morgan fingerprint density at radius 1 is 1.03 bits per heavy atom. The second-order valence-corrected chi connectivity index (χ2v) is 7.70. The number of nitrogens with zero attached hydrogens (tertiary/aromatic N) is 4. The van der Waals surface area contributed by atoms with E-state index in [1.807, 2.05) is 61.5 Å². The van der Waals surface area contributed by atoms with Crippen LogP contribution < -0.4 is 0 Å². The first-order valence-corrected chi connectivity index (χ1v) is 9.99. The maximum Gasteiger partial charge on any atom is 0.309 e. The number of carboxylic acids is 1. The predicted octanol–water partition coefficient (Wildman–Crippen LogP) is 3.88. The summed E-state index contributed by atoms with van der Waals surface area (Å²) in [5, 5.41) is 17.2. The molecule has 1 aliphatic rings. The summed E-state index contributed by atoms with van der Waals surface area (Å²) in [7, 11) is 0. The molecule has 0 aliphatic carbocycles. The smallest absolute Gasteiger partial charge is 0.309 e. The highest BCUT2D eigenvalue weighted by atomic mass is 16.5. The average Bonchev–Trinajstić information content (AvgIpc) is 3.38. The summed E-state index contributed by atoms with van der Waals surface area (Å²) in [6.07, 6.45) is 0. The number of carboxylic acid groups (broad SMARTS) is 1. The van der Waals surface area contributed by atoms with E-state index in [0.717, 1.165) is 34.5 Å². The maximum atomic E-state index is 10.9. The molecule has 1 saturated heterocycles. The van der Waals surface area contributed by atoms with Crippen molar-refractivity contribution in [3.8, 4) is 34.3 Å². The molecule has 0 bridgehead atoms. The maximum absolute atomic E-state index is 10.9. The fourth-order valence-corrected chi connectivity index (χ4v) is 3.71. The second kappa shape index (κ2) is 7.81. The fraction of sp³-hybridized carbons (Fsp3) is 0.217. The normalized spacial score (nSPS) is 14.5. The zero-order valence-electron chi connectivity index (χ0n) is 16.9. The van der Waals surface area contributed by atoms with Crippen molar-refractivity contribution >= 4 is 5.97 Å². The van der Waals surface area contributed by atoms with Gasteiger partial charge in [-0.3, -0.25) is 9.69 Å². The molecule has 1 N–H and O–H groups in total. The Morgan fingerprint density at radius 3 is 2.48 bits per heavy atom. The Morgan fingerprint density at radius 2 is 1.77 bits per heavy atom. The molecule has 0 saturated carbocycles. The monoisotopic (exact) mass is 416 g/mol. The van der Waals surface area contributed by atoms with Gasteiger partial charge in [0.1, 0.15) is 5.69 Å². The van der Waals surface area contributed by atoms with E-state index < -0.39 is 5.97 Å². The van der Waals surface area contributed by atoms with Gasteiger partial charge in [-0.15, -0.1) is 0 Å². The van der Waals surface area contributed by atoms with E-state index in [0.29, 0.717) is 24.7 Å². The molecular weight excluding hydrogens is 396 g/mol. The standard InChI is InChI=1S/C23H20N4O4/c1-14-19(16-5-3-2-4-6-16)25-30-20(14)22-24-21(26-31-22)17-9-7-15(8-10-17)11-27-12-18(13-27)23(28)29/h2-10,18H,11-13H2,1H3,(H,28,29). The van der Waals surface area contributed by atoms with Crippen LogP contribution in [0.5, 0.6) is 0 Å². The Labute approximate surface area is 178 Å². The van der Waals surface area contributed by atoms with Crippen LogP contribution in [-0.2, 0) is 11.3 Å². The van der Waals surface area contributed by atoms with Gasteiger partial charge < -0.3 is 14.2 Å². The third-order valence-electron chi connectivity index (χ3n) is 5.52. The number of carbonyl (C=O) groups is 1. The van der Waals surface area contributed by atoms with E-state index in [1.165, 1.54) is 0 Å². The van der Waals surface area contributed by atoms with Crippen molar-refractivity contribution in [3.63, 3.8) is 0 Å². The van der Waals surface area contributed by atoms with Gasteiger partial charge in [0.05, 0.1) is 5.92 Å². The first kappa shape index (κ1) is 19.2. The van der Waals surface area contributed by atoms with Crippen molar-refractivity contribution in [3.05, 3.63) is 65.7 Å². The quantitative estimate of drug-likeness (QED) is 0.505. The molecule has 31 heavy (non-hydrogen) atoms. The zero-order valence-corrected chi connectivity index (χ0v) is 16.9. The molecule has 0 unspecified atom stereocenters. The number of rotatable bonds is 6. The summed E-state index contributed by atoms with van der Waals surface area (Å²) in [5.74, 6) is 0.233. The van der Waals surface area contributed by atoms with E-state index in [4.69, 9.17) is 14.2 Å². The van der Waals surface area contributed by atoms with Crippen LogP contribution in [0.4, 0.5) is 0 Å². The molecule has 4 aromatic rings. The topological polar surface area (TPSA) is 105 Å². The number of likely N-dealkylation sites (tertiary alicyclic amines) is 1. The lowest BCUT2D eigenvalue weighted by Gasteiger charge is -2.36. The Balaban J connectivity index is 1.30. The first-order valence-electron chi connectivity index (χ1n) is 9.99. The number of hydrogen-bond acceptors (Lipinski definition) is 7. The van der Waals surface area contributed by atoms with Gasteiger partial charge in [0, 0.05) is 36.3 Å². The van der Waals surface area contributed by atoms with Crippen LogP contribution in [0.25, 0.3) is 34.3 Å². The molecule has 8 nitrogen and oxygen atoms in total. The van der Waals surface area contributed by atoms with Gasteiger partial charge in [0.2, 0.25) is 11.6 Å². The predicted molar refractivity (Wildman–Crippen MR) is 112 cm³/mol. The average molecular weight is 416 g/mol. The fourth-order valence-electron chi connectivity index (χ4n) is 3.71. The summed E-state index contributed by atoms with van der Waals surface area (Å²) >= 11 is 0.